The number of hydrogen-bond acceptors (Lipinski definition) is 6. The molecule has 0 saturated carbocycles. The lowest BCUT2D eigenvalue weighted by Crippen LogP contribution is -2.07. The zero-order valence-electron chi connectivity index (χ0n) is 14.8. The number of rotatable bonds is 4. The fraction of sp³-hybridized carbons (Fsp3) is 0.158. The molecule has 0 spiro atoms. The average molecular weight is 379 g/mol. The van der Waals surface area contributed by atoms with E-state index in [4.69, 9.17) is 0 Å². The number of aryl methyl sites for hydroxylation is 1. The average Bonchev–Trinajstić information content (AvgIpc) is 3.24. The number of aliphatic hydroxyl groups is 1. The number of amides is 1. The Balaban J connectivity index is 1.98. The van der Waals surface area contributed by atoms with E-state index in [1.807, 2.05) is 18.4 Å². The number of hydrogen-bond donors (Lipinski definition) is 3. The van der Waals surface area contributed by atoms with E-state index in [1.54, 1.807) is 35.9 Å². The Labute approximate surface area is 159 Å². The number of thiazole rings is 1. The lowest BCUT2D eigenvalue weighted by atomic mass is 10.1. The summed E-state index contributed by atoms with van der Waals surface area (Å²) < 4.78 is 0. The van der Waals surface area contributed by atoms with Gasteiger partial charge in [-0.25, -0.2) is 9.97 Å². The van der Waals surface area contributed by atoms with Gasteiger partial charge in [-0.3, -0.25) is 9.78 Å². The van der Waals surface area contributed by atoms with E-state index in [1.165, 1.54) is 6.92 Å². The van der Waals surface area contributed by atoms with Gasteiger partial charge in [-0.15, -0.1) is 11.3 Å². The van der Waals surface area contributed by atoms with Crippen LogP contribution in [0.15, 0.2) is 36.0 Å². The first-order valence-electron chi connectivity index (χ1n) is 8.33. The maximum atomic E-state index is 11.4. The Morgan fingerprint density at radius 2 is 2.11 bits per heavy atom. The van der Waals surface area contributed by atoms with Crippen molar-refractivity contribution in [1.29, 1.82) is 0 Å². The number of fused-ring (bicyclic) bond motifs is 1. The van der Waals surface area contributed by atoms with Gasteiger partial charge in [0.25, 0.3) is 0 Å². The molecule has 4 rings (SSSR count). The zero-order valence-corrected chi connectivity index (χ0v) is 15.6. The Kier molecular flexibility index (Phi) is 4.43. The highest BCUT2D eigenvalue weighted by Gasteiger charge is 2.20. The molecular formula is C19H17N5O2S. The molecule has 0 radical (unpaired) electrons. The first kappa shape index (κ1) is 17.3. The van der Waals surface area contributed by atoms with Crippen LogP contribution in [-0.2, 0) is 11.4 Å². The molecule has 8 heteroatoms. The fourth-order valence-electron chi connectivity index (χ4n) is 3.00. The normalized spacial score (nSPS) is 11.1. The zero-order chi connectivity index (χ0) is 19.0. The molecule has 7 nitrogen and oxygen atoms in total. The quantitative estimate of drug-likeness (QED) is 0.503. The van der Waals surface area contributed by atoms with Gasteiger partial charge in [0.15, 0.2) is 0 Å². The molecule has 0 bridgehead atoms. The number of pyridine rings is 2. The summed E-state index contributed by atoms with van der Waals surface area (Å²) in [7, 11) is 0. The van der Waals surface area contributed by atoms with E-state index in [0.29, 0.717) is 5.82 Å². The minimum Gasteiger partial charge on any atom is -0.392 e. The Morgan fingerprint density at radius 1 is 1.30 bits per heavy atom. The second kappa shape index (κ2) is 6.90. The van der Waals surface area contributed by atoms with Crippen LogP contribution in [0.1, 0.15) is 18.2 Å². The maximum Gasteiger partial charge on any atom is 0.222 e. The fourth-order valence-corrected chi connectivity index (χ4v) is 3.84. The van der Waals surface area contributed by atoms with Gasteiger partial charge in [-0.1, -0.05) is 0 Å². The van der Waals surface area contributed by atoms with Crippen LogP contribution in [0.25, 0.3) is 32.9 Å². The topological polar surface area (TPSA) is 104 Å². The highest BCUT2D eigenvalue weighted by atomic mass is 32.1. The van der Waals surface area contributed by atoms with Crippen molar-refractivity contribution in [3.05, 3.63) is 47.2 Å². The summed E-state index contributed by atoms with van der Waals surface area (Å²) in [4.78, 5) is 28.1. The lowest BCUT2D eigenvalue weighted by molar-refractivity contribution is -0.114. The van der Waals surface area contributed by atoms with E-state index in [0.717, 1.165) is 44.1 Å². The monoisotopic (exact) mass is 379 g/mol. The van der Waals surface area contributed by atoms with E-state index in [2.05, 4.69) is 25.3 Å². The highest BCUT2D eigenvalue weighted by Crippen LogP contribution is 2.39. The van der Waals surface area contributed by atoms with Crippen molar-refractivity contribution in [3.8, 4) is 21.8 Å². The molecule has 3 N–H and O–H groups in total. The number of nitrogens with one attached hydrogen (secondary N) is 2. The van der Waals surface area contributed by atoms with Crippen molar-refractivity contribution < 1.29 is 9.90 Å². The summed E-state index contributed by atoms with van der Waals surface area (Å²) in [5.74, 6) is 0.284. The molecule has 27 heavy (non-hydrogen) atoms. The van der Waals surface area contributed by atoms with Crippen molar-refractivity contribution in [2.24, 2.45) is 0 Å². The third-order valence-corrected chi connectivity index (χ3v) is 5.11. The second-order valence-electron chi connectivity index (χ2n) is 6.13. The van der Waals surface area contributed by atoms with Crippen LogP contribution in [0.5, 0.6) is 0 Å². The van der Waals surface area contributed by atoms with Crippen molar-refractivity contribution in [2.45, 2.75) is 20.5 Å². The molecule has 4 aromatic rings. The summed E-state index contributed by atoms with van der Waals surface area (Å²) in [6.45, 7) is 3.30. The molecule has 4 heterocycles. The molecule has 0 aromatic carbocycles. The molecule has 0 unspecified atom stereocenters. The molecule has 0 atom stereocenters. The van der Waals surface area contributed by atoms with Crippen LogP contribution in [0.2, 0.25) is 0 Å². The number of aromatic nitrogens is 4. The maximum absolute atomic E-state index is 11.4. The Hall–Kier alpha value is -3.10. The summed E-state index contributed by atoms with van der Waals surface area (Å²) >= 11 is 1.54. The summed E-state index contributed by atoms with van der Waals surface area (Å²) in [5, 5.41) is 15.2. The van der Waals surface area contributed by atoms with Crippen LogP contribution >= 0.6 is 11.3 Å². The number of anilines is 1. The largest absolute Gasteiger partial charge is 0.392 e. The third-order valence-electron chi connectivity index (χ3n) is 4.13. The van der Waals surface area contributed by atoms with Crippen molar-refractivity contribution in [2.75, 3.05) is 5.32 Å². The van der Waals surface area contributed by atoms with Gasteiger partial charge in [0, 0.05) is 41.5 Å². The lowest BCUT2D eigenvalue weighted by Gasteiger charge is -2.05. The summed E-state index contributed by atoms with van der Waals surface area (Å²) in [6.07, 6.45) is 3.33. The predicted octanol–water partition coefficient (Wildman–Crippen LogP) is 3.51. The molecule has 0 aliphatic rings. The Bertz CT molecular complexity index is 1150. The molecule has 4 aromatic heterocycles. The van der Waals surface area contributed by atoms with Gasteiger partial charge in [-0.2, -0.15) is 0 Å². The number of carbonyl (C=O) groups excluding carboxylic acids is 1. The predicted molar refractivity (Wildman–Crippen MR) is 105 cm³/mol. The number of aromatic amines is 1. The Morgan fingerprint density at radius 3 is 2.81 bits per heavy atom. The molecule has 0 saturated heterocycles. The number of aliphatic hydroxyl groups excluding tert-OH is 1. The summed E-state index contributed by atoms with van der Waals surface area (Å²) in [6, 6.07) is 5.45. The van der Waals surface area contributed by atoms with E-state index in [-0.39, 0.29) is 12.5 Å². The minimum absolute atomic E-state index is 0.0944. The minimum atomic E-state index is -0.184. The molecule has 1 amide bonds. The third kappa shape index (κ3) is 3.20. The van der Waals surface area contributed by atoms with Crippen molar-refractivity contribution >= 4 is 34.1 Å². The van der Waals surface area contributed by atoms with Gasteiger partial charge in [0.1, 0.15) is 10.8 Å². The summed E-state index contributed by atoms with van der Waals surface area (Å²) in [5.41, 5.74) is 5.76. The van der Waals surface area contributed by atoms with E-state index >= 15 is 0 Å². The molecule has 0 aliphatic carbocycles. The van der Waals surface area contributed by atoms with E-state index in [9.17, 15) is 9.90 Å². The van der Waals surface area contributed by atoms with Gasteiger partial charge in [-0.05, 0) is 25.1 Å². The van der Waals surface area contributed by atoms with Crippen LogP contribution in [-0.4, -0.2) is 30.9 Å². The van der Waals surface area contributed by atoms with Gasteiger partial charge >= 0.3 is 0 Å². The first-order valence-corrected chi connectivity index (χ1v) is 9.21. The standard InChI is InChI=1S/C19H17N5O2S/c1-10-9-27-19(22-10)15-16(12-3-5-20-14(7-12)23-11(2)26)24-17-13(8-25)4-6-21-18(15)17/h3-7,9,24-25H,8H2,1-2H3,(H,20,23,26). The van der Waals surface area contributed by atoms with Crippen LogP contribution in [0.4, 0.5) is 5.82 Å². The number of carbonyl (C=O) groups is 1. The van der Waals surface area contributed by atoms with Crippen molar-refractivity contribution in [1.82, 2.24) is 19.9 Å². The number of H-pyrrole nitrogens is 1. The molecule has 136 valence electrons. The first-order chi connectivity index (χ1) is 13.1. The van der Waals surface area contributed by atoms with Gasteiger partial charge < -0.3 is 15.4 Å². The molecule has 0 aliphatic heterocycles. The van der Waals surface area contributed by atoms with Crippen LogP contribution in [0, 0.1) is 6.92 Å². The van der Waals surface area contributed by atoms with Crippen LogP contribution in [0.3, 0.4) is 0 Å². The molecule has 0 fully saturated rings. The van der Waals surface area contributed by atoms with Crippen molar-refractivity contribution in [3.63, 3.8) is 0 Å². The van der Waals surface area contributed by atoms with E-state index < -0.39 is 0 Å². The number of nitrogens with zero attached hydrogens (tertiary/aromatic N) is 3. The smallest absolute Gasteiger partial charge is 0.222 e. The van der Waals surface area contributed by atoms with Crippen LogP contribution < -0.4 is 5.32 Å². The second-order valence-corrected chi connectivity index (χ2v) is 6.99. The highest BCUT2D eigenvalue weighted by molar-refractivity contribution is 7.13. The molecular weight excluding hydrogens is 362 g/mol. The van der Waals surface area contributed by atoms with Gasteiger partial charge in [0.2, 0.25) is 5.91 Å². The SMILES string of the molecule is CC(=O)Nc1cc(-c2[nH]c3c(CO)ccnc3c2-c2nc(C)cs2)ccn1. The van der Waals surface area contributed by atoms with Gasteiger partial charge in [0.05, 0.1) is 28.9 Å².